The minimum atomic E-state index is -1.01. The maximum atomic E-state index is 13.4. The van der Waals surface area contributed by atoms with Crippen molar-refractivity contribution in [1.29, 1.82) is 5.26 Å². The van der Waals surface area contributed by atoms with Crippen molar-refractivity contribution in [1.82, 2.24) is 9.47 Å². The summed E-state index contributed by atoms with van der Waals surface area (Å²) in [6.45, 7) is 5.70. The van der Waals surface area contributed by atoms with Crippen molar-refractivity contribution in [2.45, 2.75) is 52.5 Å². The highest BCUT2D eigenvalue weighted by Gasteiger charge is 2.34. The van der Waals surface area contributed by atoms with Gasteiger partial charge in [-0.25, -0.2) is 0 Å². The Hall–Kier alpha value is -3.42. The van der Waals surface area contributed by atoms with Crippen molar-refractivity contribution in [3.8, 4) is 6.07 Å². The van der Waals surface area contributed by atoms with E-state index in [-0.39, 0.29) is 30.0 Å². The molecule has 2 saturated heterocycles. The fraction of sp³-hybridized carbons (Fsp3) is 0.414. The van der Waals surface area contributed by atoms with E-state index >= 15 is 0 Å². The molecule has 8 nitrogen and oxygen atoms in total. The Labute approximate surface area is 237 Å². The lowest BCUT2D eigenvalue weighted by Gasteiger charge is -2.36. The topological polar surface area (TPSA) is 107 Å². The fourth-order valence-electron chi connectivity index (χ4n) is 5.24. The van der Waals surface area contributed by atoms with E-state index in [0.717, 1.165) is 49.9 Å². The van der Waals surface area contributed by atoms with E-state index in [0.29, 0.717) is 39.2 Å². The van der Waals surface area contributed by atoms with Gasteiger partial charge in [-0.05, 0) is 55.7 Å². The third-order valence-electron chi connectivity index (χ3n) is 7.27. The lowest BCUT2D eigenvalue weighted by Crippen LogP contribution is -2.40. The number of rotatable bonds is 9. The Balaban J connectivity index is 1.71. The van der Waals surface area contributed by atoms with E-state index in [1.54, 1.807) is 17.6 Å². The highest BCUT2D eigenvalue weighted by molar-refractivity contribution is 8.26. The first-order valence-electron chi connectivity index (χ1n) is 13.2. The van der Waals surface area contributed by atoms with Gasteiger partial charge in [-0.3, -0.25) is 23.9 Å². The molecule has 0 bridgehead atoms. The quantitative estimate of drug-likeness (QED) is 0.349. The van der Waals surface area contributed by atoms with Gasteiger partial charge in [-0.15, -0.1) is 0 Å². The third kappa shape index (κ3) is 6.26. The maximum absolute atomic E-state index is 13.4. The number of pyridine rings is 1. The molecule has 0 saturated carbocycles. The lowest BCUT2D eigenvalue weighted by molar-refractivity contribution is -0.137. The Morgan fingerprint density at radius 3 is 2.51 bits per heavy atom. The number of nitriles is 1. The van der Waals surface area contributed by atoms with Crippen LogP contribution in [0.3, 0.4) is 0 Å². The highest BCUT2D eigenvalue weighted by Crippen LogP contribution is 2.37. The molecule has 2 aromatic rings. The summed E-state index contributed by atoms with van der Waals surface area (Å²) in [5.41, 5.74) is 2.27. The second-order valence-electron chi connectivity index (χ2n) is 9.90. The van der Waals surface area contributed by atoms with Crippen LogP contribution in [0, 0.1) is 24.2 Å². The van der Waals surface area contributed by atoms with Crippen molar-refractivity contribution in [2.24, 2.45) is 5.92 Å². The number of hydrogen-bond donors (Lipinski definition) is 1. The van der Waals surface area contributed by atoms with Crippen molar-refractivity contribution in [3.05, 3.63) is 67.8 Å². The minimum Gasteiger partial charge on any atom is -0.481 e. The summed E-state index contributed by atoms with van der Waals surface area (Å²) >= 11 is 6.49. The van der Waals surface area contributed by atoms with Gasteiger partial charge in [0.2, 0.25) is 0 Å². The van der Waals surface area contributed by atoms with Crippen LogP contribution in [0.25, 0.3) is 6.08 Å². The average Bonchev–Trinajstić information content (AvgIpc) is 3.19. The van der Waals surface area contributed by atoms with Crippen molar-refractivity contribution in [2.75, 3.05) is 24.5 Å². The van der Waals surface area contributed by atoms with Gasteiger partial charge < -0.3 is 10.0 Å². The molecular formula is C29H32N4O4S2. The Kier molecular flexibility index (Phi) is 9.25. The van der Waals surface area contributed by atoms with Gasteiger partial charge in [0.15, 0.2) is 0 Å². The Morgan fingerprint density at radius 2 is 1.90 bits per heavy atom. The van der Waals surface area contributed by atoms with Crippen LogP contribution in [0.2, 0.25) is 0 Å². The normalized spacial score (nSPS) is 17.2. The van der Waals surface area contributed by atoms with E-state index in [1.165, 1.54) is 10.5 Å². The number of anilines is 1. The molecule has 1 amide bonds. The maximum Gasteiger partial charge on any atom is 0.305 e. The van der Waals surface area contributed by atoms with Crippen LogP contribution >= 0.6 is 24.0 Å². The zero-order chi connectivity index (χ0) is 28.1. The number of benzene rings is 1. The van der Waals surface area contributed by atoms with Crippen molar-refractivity contribution in [3.63, 3.8) is 0 Å². The number of carboxylic acid groups (broad SMARTS) is 1. The number of thiocarbonyl (C=S) groups is 1. The van der Waals surface area contributed by atoms with E-state index < -0.39 is 5.97 Å². The Morgan fingerprint density at radius 1 is 1.21 bits per heavy atom. The van der Waals surface area contributed by atoms with Crippen LogP contribution in [0.1, 0.15) is 54.9 Å². The predicted octanol–water partition coefficient (Wildman–Crippen LogP) is 4.57. The van der Waals surface area contributed by atoms with Crippen LogP contribution in [0.15, 0.2) is 40.0 Å². The van der Waals surface area contributed by atoms with Gasteiger partial charge in [-0.1, -0.05) is 61.2 Å². The summed E-state index contributed by atoms with van der Waals surface area (Å²) < 4.78 is 1.98. The summed E-state index contributed by atoms with van der Waals surface area (Å²) in [4.78, 5) is 41.5. The number of thioether (sulfide) groups is 1. The monoisotopic (exact) mass is 564 g/mol. The van der Waals surface area contributed by atoms with E-state index in [2.05, 4.69) is 35.2 Å². The van der Waals surface area contributed by atoms with Crippen LogP contribution in [-0.2, 0) is 22.6 Å². The zero-order valence-electron chi connectivity index (χ0n) is 22.2. The van der Waals surface area contributed by atoms with Gasteiger partial charge in [0.05, 0.1) is 11.3 Å². The molecule has 0 aliphatic carbocycles. The number of carboxylic acids is 1. The van der Waals surface area contributed by atoms with Crippen LogP contribution in [0.5, 0.6) is 0 Å². The molecule has 4 rings (SSSR count). The molecule has 10 heteroatoms. The molecule has 0 spiro atoms. The first-order chi connectivity index (χ1) is 18.7. The van der Waals surface area contributed by atoms with Gasteiger partial charge in [-0.2, -0.15) is 5.26 Å². The standard InChI is InChI=1S/C29H32N4O4S2/c1-3-12-32-26(31-13-9-21(10-14-31)16-20-7-5-4-6-8-20)22(19(2)23(18-30)27(32)36)17-24-28(37)33(29(38)39-24)15-11-25(34)35/h4-8,17,21H,3,9-16H2,1-2H3,(H,34,35)/b24-17-. The Bertz CT molecular complexity index is 1400. The van der Waals surface area contributed by atoms with E-state index in [1.807, 2.05) is 13.0 Å². The molecule has 1 N–H and O–H groups in total. The van der Waals surface area contributed by atoms with Gasteiger partial charge >= 0.3 is 5.97 Å². The summed E-state index contributed by atoms with van der Waals surface area (Å²) in [7, 11) is 0. The highest BCUT2D eigenvalue weighted by atomic mass is 32.2. The number of carbonyl (C=O) groups excluding carboxylic acids is 1. The number of aromatic nitrogens is 1. The summed E-state index contributed by atoms with van der Waals surface area (Å²) in [5.74, 6) is -0.104. The first-order valence-corrected chi connectivity index (χ1v) is 14.4. The molecule has 2 aliphatic heterocycles. The summed E-state index contributed by atoms with van der Waals surface area (Å²) in [5, 5.41) is 18.9. The van der Waals surface area contributed by atoms with Gasteiger partial charge in [0.1, 0.15) is 21.8 Å². The molecule has 0 atom stereocenters. The molecule has 3 heterocycles. The van der Waals surface area contributed by atoms with E-state index in [4.69, 9.17) is 17.3 Å². The molecule has 39 heavy (non-hydrogen) atoms. The lowest BCUT2D eigenvalue weighted by atomic mass is 9.90. The van der Waals surface area contributed by atoms with Gasteiger partial charge in [0.25, 0.3) is 11.5 Å². The van der Waals surface area contributed by atoms with E-state index in [9.17, 15) is 19.6 Å². The summed E-state index contributed by atoms with van der Waals surface area (Å²) in [6.07, 6.45) is 5.17. The van der Waals surface area contributed by atoms with Gasteiger partial charge in [0, 0.05) is 31.7 Å². The fourth-order valence-corrected chi connectivity index (χ4v) is 6.53. The number of amides is 1. The minimum absolute atomic E-state index is 0.00309. The predicted molar refractivity (Wildman–Crippen MR) is 158 cm³/mol. The third-order valence-corrected chi connectivity index (χ3v) is 8.65. The van der Waals surface area contributed by atoms with Crippen molar-refractivity contribution >= 4 is 52.1 Å². The molecule has 204 valence electrons. The SMILES string of the molecule is CCCn1c(N2CCC(Cc3ccccc3)CC2)c(/C=C2\SC(=S)N(CCC(=O)O)C2=O)c(C)c(C#N)c1=O. The molecule has 2 aliphatic rings. The number of aliphatic carboxylic acids is 1. The van der Waals surface area contributed by atoms with Crippen LogP contribution in [0.4, 0.5) is 5.82 Å². The number of nitrogens with zero attached hydrogens (tertiary/aromatic N) is 4. The van der Waals surface area contributed by atoms with Crippen LogP contribution < -0.4 is 10.5 Å². The summed E-state index contributed by atoms with van der Waals surface area (Å²) in [6, 6.07) is 12.5. The molecule has 1 aromatic heterocycles. The van der Waals surface area contributed by atoms with Crippen molar-refractivity contribution < 1.29 is 14.7 Å². The number of hydrogen-bond acceptors (Lipinski definition) is 7. The first kappa shape index (κ1) is 28.6. The molecule has 1 aromatic carbocycles. The second-order valence-corrected chi connectivity index (χ2v) is 11.6. The number of piperidine rings is 1. The molecular weight excluding hydrogens is 532 g/mol. The number of carbonyl (C=O) groups is 2. The molecule has 0 unspecified atom stereocenters. The second kappa shape index (κ2) is 12.6. The largest absolute Gasteiger partial charge is 0.481 e. The molecule has 2 fully saturated rings. The molecule has 0 radical (unpaired) electrons. The smallest absolute Gasteiger partial charge is 0.305 e. The average molecular weight is 565 g/mol. The zero-order valence-corrected chi connectivity index (χ0v) is 23.8. The van der Waals surface area contributed by atoms with Crippen LogP contribution in [-0.4, -0.2) is 50.4 Å².